The molecule has 2 nitrogen and oxygen atoms in total. The van der Waals surface area contributed by atoms with Crippen molar-refractivity contribution in [2.45, 2.75) is 71.4 Å². The van der Waals surface area contributed by atoms with Crippen molar-refractivity contribution in [3.05, 3.63) is 29.8 Å². The Morgan fingerprint density at radius 2 is 1.95 bits per heavy atom. The topological polar surface area (TPSA) is 35.2 Å². The van der Waals surface area contributed by atoms with Gasteiger partial charge in [-0.1, -0.05) is 39.8 Å². The second kappa shape index (κ2) is 6.17. The lowest BCUT2D eigenvalue weighted by Crippen LogP contribution is -2.46. The normalized spacial score (nSPS) is 27.1. The molecule has 1 fully saturated rings. The highest BCUT2D eigenvalue weighted by atomic mass is 16.5. The minimum Gasteiger partial charge on any atom is -0.489 e. The first-order valence-corrected chi connectivity index (χ1v) is 7.93. The third-order valence-electron chi connectivity index (χ3n) is 4.73. The van der Waals surface area contributed by atoms with E-state index in [4.69, 9.17) is 10.5 Å². The molecule has 3 atom stereocenters. The Bertz CT molecular complexity index is 424. The van der Waals surface area contributed by atoms with E-state index in [1.54, 1.807) is 0 Å². The van der Waals surface area contributed by atoms with E-state index in [0.717, 1.165) is 18.6 Å². The highest BCUT2D eigenvalue weighted by molar-refractivity contribution is 5.29. The summed E-state index contributed by atoms with van der Waals surface area (Å²) < 4.78 is 6.15. The Hall–Kier alpha value is -1.02. The van der Waals surface area contributed by atoms with Crippen molar-refractivity contribution in [3.8, 4) is 5.75 Å². The molecule has 0 saturated heterocycles. The first-order valence-electron chi connectivity index (χ1n) is 7.93. The quantitative estimate of drug-likeness (QED) is 0.879. The Kier molecular flexibility index (Phi) is 4.74. The van der Waals surface area contributed by atoms with Crippen LogP contribution in [0.3, 0.4) is 0 Å². The summed E-state index contributed by atoms with van der Waals surface area (Å²) in [6, 6.07) is 8.72. The van der Waals surface area contributed by atoms with Gasteiger partial charge in [-0.2, -0.15) is 0 Å². The minimum atomic E-state index is 0.146. The fraction of sp³-hybridized carbons (Fsp3) is 0.667. The van der Waals surface area contributed by atoms with Gasteiger partial charge in [-0.15, -0.1) is 0 Å². The van der Waals surface area contributed by atoms with Crippen molar-refractivity contribution in [1.82, 2.24) is 0 Å². The predicted molar refractivity (Wildman–Crippen MR) is 85.2 cm³/mol. The van der Waals surface area contributed by atoms with E-state index < -0.39 is 0 Å². The summed E-state index contributed by atoms with van der Waals surface area (Å²) in [5.74, 6) is 1.56. The summed E-state index contributed by atoms with van der Waals surface area (Å²) in [7, 11) is 0. The maximum absolute atomic E-state index is 6.22. The van der Waals surface area contributed by atoms with Gasteiger partial charge in [-0.05, 0) is 54.7 Å². The van der Waals surface area contributed by atoms with Gasteiger partial charge in [0.25, 0.3) is 0 Å². The van der Waals surface area contributed by atoms with Crippen LogP contribution in [0.1, 0.15) is 64.9 Å². The molecule has 1 aliphatic rings. The van der Waals surface area contributed by atoms with Crippen LogP contribution in [0.2, 0.25) is 0 Å². The lowest BCUT2D eigenvalue weighted by atomic mass is 9.74. The van der Waals surface area contributed by atoms with Gasteiger partial charge in [-0.3, -0.25) is 0 Å². The maximum atomic E-state index is 6.22. The molecule has 0 radical (unpaired) electrons. The molecule has 1 saturated carbocycles. The first kappa shape index (κ1) is 15.4. The molecule has 3 unspecified atom stereocenters. The number of nitrogens with two attached hydrogens (primary N) is 1. The van der Waals surface area contributed by atoms with Crippen LogP contribution in [0.15, 0.2) is 24.3 Å². The van der Waals surface area contributed by atoms with E-state index in [1.807, 2.05) is 0 Å². The molecule has 0 heterocycles. The molecule has 0 bridgehead atoms. The maximum Gasteiger partial charge on any atom is 0.119 e. The number of ether oxygens (including phenoxy) is 1. The molecule has 20 heavy (non-hydrogen) atoms. The Morgan fingerprint density at radius 1 is 1.30 bits per heavy atom. The molecule has 2 rings (SSSR count). The summed E-state index contributed by atoms with van der Waals surface area (Å²) in [5, 5.41) is 0. The van der Waals surface area contributed by atoms with Crippen LogP contribution in [0.5, 0.6) is 5.75 Å². The summed E-state index contributed by atoms with van der Waals surface area (Å²) in [6.45, 7) is 9.09. The van der Waals surface area contributed by atoms with E-state index in [1.165, 1.54) is 18.4 Å². The second-order valence-corrected chi connectivity index (χ2v) is 7.11. The van der Waals surface area contributed by atoms with Gasteiger partial charge in [0.1, 0.15) is 11.9 Å². The van der Waals surface area contributed by atoms with Gasteiger partial charge in [0.15, 0.2) is 0 Å². The predicted octanol–water partition coefficient (Wildman–Crippen LogP) is 4.48. The van der Waals surface area contributed by atoms with Gasteiger partial charge < -0.3 is 10.5 Å². The molecule has 1 aliphatic carbocycles. The molecule has 0 aromatic heterocycles. The van der Waals surface area contributed by atoms with Gasteiger partial charge in [-0.25, -0.2) is 0 Å². The zero-order chi connectivity index (χ0) is 14.8. The van der Waals surface area contributed by atoms with Crippen molar-refractivity contribution in [2.75, 3.05) is 0 Å². The van der Waals surface area contributed by atoms with E-state index in [9.17, 15) is 0 Å². The monoisotopic (exact) mass is 275 g/mol. The van der Waals surface area contributed by atoms with Crippen LogP contribution in [-0.2, 0) is 0 Å². The largest absolute Gasteiger partial charge is 0.489 e. The molecule has 0 amide bonds. The summed E-state index contributed by atoms with van der Waals surface area (Å²) in [4.78, 5) is 0. The molecule has 1 aromatic carbocycles. The average molecular weight is 275 g/mol. The van der Waals surface area contributed by atoms with Crippen molar-refractivity contribution in [1.29, 1.82) is 0 Å². The van der Waals surface area contributed by atoms with Crippen LogP contribution in [-0.4, -0.2) is 12.1 Å². The van der Waals surface area contributed by atoms with Crippen molar-refractivity contribution < 1.29 is 4.74 Å². The molecule has 2 heteroatoms. The average Bonchev–Trinajstić information content (AvgIpc) is 2.43. The van der Waals surface area contributed by atoms with E-state index >= 15 is 0 Å². The van der Waals surface area contributed by atoms with Crippen molar-refractivity contribution >= 4 is 0 Å². The Morgan fingerprint density at radius 3 is 2.55 bits per heavy atom. The Balaban J connectivity index is 2.02. The third-order valence-corrected chi connectivity index (χ3v) is 4.73. The number of hydrogen-bond acceptors (Lipinski definition) is 2. The molecular formula is C18H29NO. The van der Waals surface area contributed by atoms with Crippen LogP contribution in [0.4, 0.5) is 0 Å². The molecule has 0 spiro atoms. The van der Waals surface area contributed by atoms with Crippen LogP contribution >= 0.6 is 0 Å². The first-order chi connectivity index (χ1) is 9.41. The number of rotatable bonds is 4. The molecule has 1 aromatic rings. The molecule has 0 aliphatic heterocycles. The number of benzene rings is 1. The molecule has 112 valence electrons. The third kappa shape index (κ3) is 3.76. The van der Waals surface area contributed by atoms with Gasteiger partial charge in [0.2, 0.25) is 0 Å². The highest BCUT2D eigenvalue weighted by Crippen LogP contribution is 2.36. The minimum absolute atomic E-state index is 0.146. The fourth-order valence-electron chi connectivity index (χ4n) is 2.96. The molecule has 2 N–H and O–H groups in total. The highest BCUT2D eigenvalue weighted by Gasteiger charge is 2.34. The lowest BCUT2D eigenvalue weighted by Gasteiger charge is -2.39. The Labute approximate surface area is 123 Å². The zero-order valence-corrected chi connectivity index (χ0v) is 13.4. The summed E-state index contributed by atoms with van der Waals surface area (Å²) in [5.41, 5.74) is 7.95. The van der Waals surface area contributed by atoms with E-state index in [-0.39, 0.29) is 12.1 Å². The standard InChI is InChI=1S/C18H29NO/c1-5-13(2)14-6-8-15(9-7-14)20-17-12-18(3,4)11-10-16(17)19/h6-9,13,16-17H,5,10-12,19H2,1-4H3. The van der Waals surface area contributed by atoms with Gasteiger partial charge in [0.05, 0.1) is 0 Å². The molecular weight excluding hydrogens is 246 g/mol. The van der Waals surface area contributed by atoms with E-state index in [0.29, 0.717) is 11.3 Å². The summed E-state index contributed by atoms with van der Waals surface area (Å²) >= 11 is 0. The number of hydrogen-bond donors (Lipinski definition) is 1. The van der Waals surface area contributed by atoms with Gasteiger partial charge in [0, 0.05) is 6.04 Å². The second-order valence-electron chi connectivity index (χ2n) is 7.11. The van der Waals surface area contributed by atoms with Crippen LogP contribution < -0.4 is 10.5 Å². The van der Waals surface area contributed by atoms with E-state index in [2.05, 4.69) is 52.0 Å². The lowest BCUT2D eigenvalue weighted by molar-refractivity contribution is 0.0669. The summed E-state index contributed by atoms with van der Waals surface area (Å²) in [6.07, 6.45) is 4.61. The van der Waals surface area contributed by atoms with Crippen LogP contribution in [0, 0.1) is 5.41 Å². The SMILES string of the molecule is CCC(C)c1ccc(OC2CC(C)(C)CCC2N)cc1. The van der Waals surface area contributed by atoms with Crippen molar-refractivity contribution in [2.24, 2.45) is 11.1 Å². The van der Waals surface area contributed by atoms with Gasteiger partial charge >= 0.3 is 0 Å². The smallest absolute Gasteiger partial charge is 0.119 e. The zero-order valence-electron chi connectivity index (χ0n) is 13.4. The van der Waals surface area contributed by atoms with Crippen molar-refractivity contribution in [3.63, 3.8) is 0 Å². The van der Waals surface area contributed by atoms with Crippen LogP contribution in [0.25, 0.3) is 0 Å². The fourth-order valence-corrected chi connectivity index (χ4v) is 2.96.